The van der Waals surface area contributed by atoms with Gasteiger partial charge in [-0.1, -0.05) is 61.0 Å². The highest BCUT2D eigenvalue weighted by Crippen LogP contribution is 2.44. The van der Waals surface area contributed by atoms with Crippen LogP contribution in [0.25, 0.3) is 0 Å². The van der Waals surface area contributed by atoms with Crippen LogP contribution in [0.2, 0.25) is 0 Å². The molecule has 3 atom stereocenters. The van der Waals surface area contributed by atoms with Crippen LogP contribution in [0, 0.1) is 17.0 Å². The maximum absolute atomic E-state index is 13.6. The molecule has 4 aromatic carbocycles. The Morgan fingerprint density at radius 2 is 1.39 bits per heavy atom. The van der Waals surface area contributed by atoms with Crippen molar-refractivity contribution < 1.29 is 47.7 Å². The number of aryl methyl sites for hydroxylation is 1. The molecule has 2 heterocycles. The molecule has 16 heteroatoms. The molecular formula is C46H48N4O12. The van der Waals surface area contributed by atoms with Gasteiger partial charge in [0.1, 0.15) is 34.8 Å². The number of unbranched alkanes of at least 4 members (excludes halogenated alkanes) is 2. The number of non-ortho nitro benzene ring substituents is 1. The molecule has 0 spiro atoms. The third kappa shape index (κ3) is 10.9. The number of carbonyl (C=O) groups is 3. The number of hydrogen-bond donors (Lipinski definition) is 1. The third-order valence-corrected chi connectivity index (χ3v) is 10.3. The Bertz CT molecular complexity index is 2340. The molecule has 0 saturated carbocycles. The Hall–Kier alpha value is -6.91. The predicted molar refractivity (Wildman–Crippen MR) is 226 cm³/mol. The number of nitrogens with zero attached hydrogens (tertiary/aromatic N) is 3. The predicted octanol–water partition coefficient (Wildman–Crippen LogP) is 7.20. The van der Waals surface area contributed by atoms with Gasteiger partial charge in [-0.2, -0.15) is 4.98 Å². The number of methoxy groups -OCH3 is 2. The number of anilines is 1. The lowest BCUT2D eigenvalue weighted by molar-refractivity contribution is -0.384. The van der Waals surface area contributed by atoms with Crippen LogP contribution in [0.1, 0.15) is 73.9 Å². The van der Waals surface area contributed by atoms with Crippen LogP contribution in [0.15, 0.2) is 114 Å². The van der Waals surface area contributed by atoms with Crippen molar-refractivity contribution >= 4 is 29.4 Å². The lowest BCUT2D eigenvalue weighted by Crippen LogP contribution is -2.48. The van der Waals surface area contributed by atoms with Gasteiger partial charge >= 0.3 is 17.6 Å². The monoisotopic (exact) mass is 848 g/mol. The molecule has 1 aromatic heterocycles. The number of hydrogen-bond acceptors (Lipinski definition) is 13. The Morgan fingerprint density at radius 1 is 0.823 bits per heavy atom. The summed E-state index contributed by atoms with van der Waals surface area (Å²) >= 11 is 0. The van der Waals surface area contributed by atoms with Gasteiger partial charge in [0, 0.05) is 50.1 Å². The number of rotatable bonds is 18. The lowest BCUT2D eigenvalue weighted by Gasteiger charge is -2.43. The standard InChI is InChI=1S/C46H48N4O12/c1-30-28-49(45(54)48-43(30)47-31(2)51)44-40(61-42(53)14-10-6-9-13-41(52)60-38-25-19-35(20-26-38)50(55)56)27-39(29-59-44)62-46(32-11-7-5-8-12-32,33-15-21-36(57-3)22-16-33)34-17-23-37(58-4)24-18-34/h5,7-8,11-12,15-26,28,39-40,44H,6,9-10,13-14,27,29H2,1-4H3,(H,47,48,51,54)/t39-,40+,44+/m0/s1. The average Bonchev–Trinajstić information content (AvgIpc) is 3.27. The van der Waals surface area contributed by atoms with E-state index in [4.69, 9.17) is 28.4 Å². The molecule has 6 rings (SSSR count). The summed E-state index contributed by atoms with van der Waals surface area (Å²) in [5.41, 5.74) is 0.808. The minimum Gasteiger partial charge on any atom is -0.497 e. The van der Waals surface area contributed by atoms with Crippen LogP contribution in [-0.4, -0.2) is 65.4 Å². The molecule has 1 amide bonds. The zero-order valence-electron chi connectivity index (χ0n) is 34.8. The Balaban J connectivity index is 1.23. The van der Waals surface area contributed by atoms with E-state index in [1.165, 1.54) is 42.0 Å². The van der Waals surface area contributed by atoms with E-state index in [0.717, 1.165) is 16.7 Å². The number of nitrogens with one attached hydrogen (secondary N) is 1. The van der Waals surface area contributed by atoms with Crippen molar-refractivity contribution in [3.8, 4) is 17.2 Å². The molecule has 16 nitrogen and oxygen atoms in total. The fourth-order valence-electron chi connectivity index (χ4n) is 7.29. The summed E-state index contributed by atoms with van der Waals surface area (Å²) in [6.45, 7) is 2.99. The minimum atomic E-state index is -1.22. The molecule has 1 fully saturated rings. The average molecular weight is 849 g/mol. The van der Waals surface area contributed by atoms with Crippen molar-refractivity contribution in [2.24, 2.45) is 0 Å². The van der Waals surface area contributed by atoms with E-state index >= 15 is 0 Å². The number of nitro groups is 1. The number of nitro benzene ring substituents is 1. The first-order valence-electron chi connectivity index (χ1n) is 20.1. The Morgan fingerprint density at radius 3 is 1.95 bits per heavy atom. The first-order chi connectivity index (χ1) is 29.9. The van der Waals surface area contributed by atoms with E-state index in [2.05, 4.69) is 10.3 Å². The molecule has 5 aromatic rings. The number of amides is 1. The molecule has 1 aliphatic heterocycles. The molecule has 1 N–H and O–H groups in total. The summed E-state index contributed by atoms with van der Waals surface area (Å²) < 4.78 is 37.3. The number of ether oxygens (including phenoxy) is 6. The van der Waals surface area contributed by atoms with Crippen LogP contribution in [0.4, 0.5) is 11.5 Å². The second-order valence-corrected chi connectivity index (χ2v) is 14.7. The molecule has 1 aliphatic rings. The smallest absolute Gasteiger partial charge is 0.351 e. The first-order valence-corrected chi connectivity index (χ1v) is 20.1. The zero-order valence-corrected chi connectivity index (χ0v) is 34.8. The van der Waals surface area contributed by atoms with E-state index in [9.17, 15) is 29.3 Å². The Labute approximate surface area is 357 Å². The fourth-order valence-corrected chi connectivity index (χ4v) is 7.29. The Kier molecular flexibility index (Phi) is 14.8. The second-order valence-electron chi connectivity index (χ2n) is 14.7. The van der Waals surface area contributed by atoms with Gasteiger partial charge in [-0.15, -0.1) is 0 Å². The summed E-state index contributed by atoms with van der Waals surface area (Å²) in [5, 5.41) is 13.5. The number of carbonyl (C=O) groups excluding carboxylic acids is 3. The van der Waals surface area contributed by atoms with E-state index in [0.29, 0.717) is 36.3 Å². The van der Waals surface area contributed by atoms with Gasteiger partial charge < -0.3 is 33.7 Å². The van der Waals surface area contributed by atoms with Gasteiger partial charge in [-0.25, -0.2) is 4.79 Å². The quantitative estimate of drug-likeness (QED) is 0.0232. The molecule has 1 saturated heterocycles. The van der Waals surface area contributed by atoms with Crippen LogP contribution < -0.4 is 25.2 Å². The summed E-state index contributed by atoms with van der Waals surface area (Å²) in [6, 6.07) is 30.0. The molecule has 0 unspecified atom stereocenters. The van der Waals surface area contributed by atoms with Crippen molar-refractivity contribution in [3.63, 3.8) is 0 Å². The van der Waals surface area contributed by atoms with Crippen LogP contribution >= 0.6 is 0 Å². The molecule has 0 radical (unpaired) electrons. The molecular weight excluding hydrogens is 801 g/mol. The number of aromatic nitrogens is 2. The summed E-state index contributed by atoms with van der Waals surface area (Å²) in [4.78, 5) is 65.7. The van der Waals surface area contributed by atoms with Gasteiger partial charge in [0.05, 0.1) is 31.9 Å². The zero-order chi connectivity index (χ0) is 44.2. The van der Waals surface area contributed by atoms with Crippen molar-refractivity contribution in [3.05, 3.63) is 152 Å². The van der Waals surface area contributed by atoms with Crippen molar-refractivity contribution in [2.75, 3.05) is 26.1 Å². The van der Waals surface area contributed by atoms with Crippen molar-refractivity contribution in [1.82, 2.24) is 9.55 Å². The molecule has 0 bridgehead atoms. The normalized spacial score (nSPS) is 16.2. The highest BCUT2D eigenvalue weighted by atomic mass is 16.6. The van der Waals surface area contributed by atoms with Gasteiger partial charge in [-0.05, 0) is 72.9 Å². The van der Waals surface area contributed by atoms with Gasteiger partial charge in [-0.3, -0.25) is 29.1 Å². The highest BCUT2D eigenvalue weighted by molar-refractivity contribution is 5.88. The summed E-state index contributed by atoms with van der Waals surface area (Å²) in [5.74, 6) is 0.154. The topological polar surface area (TPSA) is 197 Å². The third-order valence-electron chi connectivity index (χ3n) is 10.3. The van der Waals surface area contributed by atoms with Crippen LogP contribution in [0.3, 0.4) is 0 Å². The maximum Gasteiger partial charge on any atom is 0.351 e. The minimum absolute atomic E-state index is 0.00540. The number of esters is 2. The van der Waals surface area contributed by atoms with E-state index < -0.39 is 52.5 Å². The van der Waals surface area contributed by atoms with Gasteiger partial charge in [0.2, 0.25) is 5.91 Å². The van der Waals surface area contributed by atoms with E-state index in [-0.39, 0.29) is 43.1 Å². The number of benzene rings is 4. The molecule has 62 heavy (non-hydrogen) atoms. The van der Waals surface area contributed by atoms with Crippen molar-refractivity contribution in [1.29, 1.82) is 0 Å². The molecule has 0 aliphatic carbocycles. The largest absolute Gasteiger partial charge is 0.497 e. The second kappa shape index (κ2) is 20.6. The molecule has 324 valence electrons. The van der Waals surface area contributed by atoms with E-state index in [1.807, 2.05) is 78.9 Å². The maximum atomic E-state index is 13.6. The fraction of sp³-hybridized carbons (Fsp3) is 0.326. The van der Waals surface area contributed by atoms with Crippen molar-refractivity contribution in [2.45, 2.75) is 76.4 Å². The van der Waals surface area contributed by atoms with Crippen LogP contribution in [0.5, 0.6) is 17.2 Å². The first kappa shape index (κ1) is 44.6. The SMILES string of the molecule is COc1ccc(C(O[C@@H]2CO[C@@H](n3cc(C)c(NC(C)=O)nc3=O)[C@H](OC(=O)CCCCCC(=O)Oc3ccc([N+](=O)[O-])cc3)C2)(c2ccccc2)c2ccc(OC)cc2)cc1. The van der Waals surface area contributed by atoms with Gasteiger partial charge in [0.25, 0.3) is 5.69 Å². The summed E-state index contributed by atoms with van der Waals surface area (Å²) in [7, 11) is 3.18. The van der Waals surface area contributed by atoms with E-state index in [1.54, 1.807) is 21.1 Å². The van der Waals surface area contributed by atoms with Gasteiger partial charge in [0.15, 0.2) is 6.23 Å². The highest BCUT2D eigenvalue weighted by Gasteiger charge is 2.44. The van der Waals surface area contributed by atoms with Crippen LogP contribution in [-0.2, 0) is 34.2 Å². The summed E-state index contributed by atoms with van der Waals surface area (Å²) in [6.07, 6.45) is 0.190. The lowest BCUT2D eigenvalue weighted by atomic mass is 9.79.